The summed E-state index contributed by atoms with van der Waals surface area (Å²) in [6, 6.07) is 11.7. The van der Waals surface area contributed by atoms with Crippen molar-refractivity contribution in [3.05, 3.63) is 66.0 Å². The zero-order valence-corrected chi connectivity index (χ0v) is 15.9. The van der Waals surface area contributed by atoms with Crippen molar-refractivity contribution in [1.82, 2.24) is 15.3 Å². The summed E-state index contributed by atoms with van der Waals surface area (Å²) in [5, 5.41) is 3.73. The number of amides is 2. The molecular formula is C20H13N3O6S. The van der Waals surface area contributed by atoms with Gasteiger partial charge in [-0.3, -0.25) is 19.5 Å². The average Bonchev–Trinajstić information content (AvgIpc) is 3.35. The number of fused-ring (bicyclic) bond motifs is 2. The van der Waals surface area contributed by atoms with Crippen molar-refractivity contribution in [1.29, 1.82) is 0 Å². The Bertz CT molecular complexity index is 1510. The fourth-order valence-electron chi connectivity index (χ4n) is 3.73. The van der Waals surface area contributed by atoms with E-state index in [-0.39, 0.29) is 16.9 Å². The fourth-order valence-corrected chi connectivity index (χ4v) is 4.08. The van der Waals surface area contributed by atoms with Crippen molar-refractivity contribution >= 4 is 55.2 Å². The molecule has 30 heavy (non-hydrogen) atoms. The maximum Gasteiger partial charge on any atom is 0.446 e. The molecule has 0 fully saturated rings. The van der Waals surface area contributed by atoms with Crippen LogP contribution in [0.25, 0.3) is 33.0 Å². The molecule has 9 nitrogen and oxygen atoms in total. The minimum atomic E-state index is -4.67. The summed E-state index contributed by atoms with van der Waals surface area (Å²) >= 11 is 0. The minimum absolute atomic E-state index is 0.101. The maximum absolute atomic E-state index is 12.7. The van der Waals surface area contributed by atoms with Gasteiger partial charge in [-0.25, -0.2) is 0 Å². The van der Waals surface area contributed by atoms with Crippen molar-refractivity contribution in [2.75, 3.05) is 0 Å². The molecule has 4 aromatic rings. The number of para-hydroxylation sites is 1. The maximum atomic E-state index is 12.7. The van der Waals surface area contributed by atoms with Gasteiger partial charge in [0.15, 0.2) is 0 Å². The third-order valence-corrected chi connectivity index (χ3v) is 5.32. The molecule has 2 amide bonds. The molecule has 0 saturated heterocycles. The van der Waals surface area contributed by atoms with Gasteiger partial charge in [0.05, 0.1) is 11.1 Å². The Labute approximate surface area is 169 Å². The predicted molar refractivity (Wildman–Crippen MR) is 109 cm³/mol. The fraction of sp³-hybridized carbons (Fsp3) is 0. The van der Waals surface area contributed by atoms with Gasteiger partial charge in [-0.1, -0.05) is 18.2 Å². The number of benzene rings is 2. The van der Waals surface area contributed by atoms with Crippen LogP contribution in [0.1, 0.15) is 11.1 Å². The Hall–Kier alpha value is -3.89. The van der Waals surface area contributed by atoms with Gasteiger partial charge < -0.3 is 14.2 Å². The van der Waals surface area contributed by atoms with Crippen LogP contribution >= 0.6 is 0 Å². The van der Waals surface area contributed by atoms with Crippen LogP contribution in [0, 0.1) is 0 Å². The molecule has 10 heteroatoms. The van der Waals surface area contributed by atoms with Crippen molar-refractivity contribution < 1.29 is 26.7 Å². The van der Waals surface area contributed by atoms with E-state index in [1.165, 1.54) is 18.2 Å². The summed E-state index contributed by atoms with van der Waals surface area (Å²) in [5.74, 6) is -1.13. The van der Waals surface area contributed by atoms with Gasteiger partial charge in [0, 0.05) is 51.4 Å². The van der Waals surface area contributed by atoms with Gasteiger partial charge in [-0.2, -0.15) is 8.42 Å². The van der Waals surface area contributed by atoms with Crippen LogP contribution in [0.2, 0.25) is 0 Å². The first-order valence-corrected chi connectivity index (χ1v) is 10.1. The average molecular weight is 423 g/mol. The molecule has 0 atom stereocenters. The molecule has 1 aliphatic rings. The number of carbonyl (C=O) groups excluding carboxylic acids is 2. The molecule has 4 N–H and O–H groups in total. The predicted octanol–water partition coefficient (Wildman–Crippen LogP) is 2.40. The summed E-state index contributed by atoms with van der Waals surface area (Å²) < 4.78 is 35.2. The molecule has 0 spiro atoms. The van der Waals surface area contributed by atoms with E-state index in [9.17, 15) is 18.0 Å². The van der Waals surface area contributed by atoms with Gasteiger partial charge in [-0.15, -0.1) is 0 Å². The third kappa shape index (κ3) is 2.86. The van der Waals surface area contributed by atoms with E-state index in [4.69, 9.17) is 4.55 Å². The lowest BCUT2D eigenvalue weighted by Gasteiger charge is -2.04. The van der Waals surface area contributed by atoms with Crippen LogP contribution in [0.4, 0.5) is 0 Å². The smallest absolute Gasteiger partial charge is 0.362 e. The molecule has 2 aromatic heterocycles. The summed E-state index contributed by atoms with van der Waals surface area (Å²) in [5.41, 5.74) is 2.83. The first-order chi connectivity index (χ1) is 14.3. The minimum Gasteiger partial charge on any atom is -0.362 e. The monoisotopic (exact) mass is 423 g/mol. The molecule has 5 rings (SSSR count). The van der Waals surface area contributed by atoms with E-state index in [1.54, 1.807) is 12.4 Å². The highest BCUT2D eigenvalue weighted by Crippen LogP contribution is 2.38. The second kappa shape index (κ2) is 6.31. The summed E-state index contributed by atoms with van der Waals surface area (Å²) in [6.07, 6.45) is 3.25. The Morgan fingerprint density at radius 1 is 0.800 bits per heavy atom. The zero-order valence-electron chi connectivity index (χ0n) is 15.1. The highest BCUT2D eigenvalue weighted by molar-refractivity contribution is 7.81. The molecule has 150 valence electrons. The van der Waals surface area contributed by atoms with E-state index in [2.05, 4.69) is 19.5 Å². The van der Waals surface area contributed by atoms with E-state index < -0.39 is 22.2 Å². The van der Waals surface area contributed by atoms with Crippen LogP contribution in [-0.4, -0.2) is 34.8 Å². The second-order valence-electron chi connectivity index (χ2n) is 6.70. The highest BCUT2D eigenvalue weighted by Gasteiger charge is 2.34. The Balaban J connectivity index is 1.71. The molecule has 1 aliphatic heterocycles. The highest BCUT2D eigenvalue weighted by atomic mass is 32.3. The summed E-state index contributed by atoms with van der Waals surface area (Å²) in [6.45, 7) is 0. The van der Waals surface area contributed by atoms with Gasteiger partial charge in [0.2, 0.25) is 0 Å². The molecule has 3 heterocycles. The summed E-state index contributed by atoms with van der Waals surface area (Å²) in [7, 11) is -4.67. The number of hydrogen-bond acceptors (Lipinski definition) is 5. The lowest BCUT2D eigenvalue weighted by Crippen LogP contribution is -2.22. The Morgan fingerprint density at radius 2 is 1.40 bits per heavy atom. The van der Waals surface area contributed by atoms with Crippen LogP contribution in [-0.2, 0) is 20.0 Å². The number of hydrogen-bond donors (Lipinski definition) is 4. The lowest BCUT2D eigenvalue weighted by atomic mass is 9.95. The number of nitrogens with one attached hydrogen (secondary N) is 3. The van der Waals surface area contributed by atoms with Gasteiger partial charge in [-0.05, 0) is 18.2 Å². The molecule has 0 radical (unpaired) electrons. The van der Waals surface area contributed by atoms with Crippen LogP contribution in [0.5, 0.6) is 5.75 Å². The van der Waals surface area contributed by atoms with E-state index >= 15 is 0 Å². The molecular weight excluding hydrogens is 410 g/mol. The Morgan fingerprint density at radius 3 is 2.07 bits per heavy atom. The molecule has 0 unspecified atom stereocenters. The topological polar surface area (TPSA) is 141 Å². The van der Waals surface area contributed by atoms with Crippen LogP contribution < -0.4 is 9.50 Å². The van der Waals surface area contributed by atoms with E-state index in [0.717, 1.165) is 10.9 Å². The van der Waals surface area contributed by atoms with Gasteiger partial charge >= 0.3 is 10.4 Å². The van der Waals surface area contributed by atoms with Crippen molar-refractivity contribution in [3.8, 4) is 5.75 Å². The van der Waals surface area contributed by atoms with E-state index in [0.29, 0.717) is 22.0 Å². The first kappa shape index (κ1) is 18.2. The lowest BCUT2D eigenvalue weighted by molar-refractivity contribution is -0.122. The van der Waals surface area contributed by atoms with E-state index in [1.807, 2.05) is 24.3 Å². The summed E-state index contributed by atoms with van der Waals surface area (Å²) in [4.78, 5) is 31.4. The van der Waals surface area contributed by atoms with Gasteiger partial charge in [0.25, 0.3) is 11.8 Å². The number of rotatable bonds is 4. The number of carbonyl (C=O) groups is 2. The number of aromatic nitrogens is 2. The van der Waals surface area contributed by atoms with Crippen molar-refractivity contribution in [3.63, 3.8) is 0 Å². The quantitative estimate of drug-likeness (QED) is 0.293. The first-order valence-electron chi connectivity index (χ1n) is 8.77. The largest absolute Gasteiger partial charge is 0.446 e. The second-order valence-corrected chi connectivity index (χ2v) is 7.72. The Kier molecular flexibility index (Phi) is 3.82. The molecule has 0 aliphatic carbocycles. The van der Waals surface area contributed by atoms with Crippen LogP contribution in [0.3, 0.4) is 0 Å². The van der Waals surface area contributed by atoms with Crippen molar-refractivity contribution in [2.24, 2.45) is 0 Å². The number of aromatic amines is 2. The molecule has 0 saturated carbocycles. The zero-order chi connectivity index (χ0) is 21.0. The van der Waals surface area contributed by atoms with Gasteiger partial charge in [0.1, 0.15) is 5.75 Å². The molecule has 0 bridgehead atoms. The number of imide groups is 1. The van der Waals surface area contributed by atoms with Crippen molar-refractivity contribution in [2.45, 2.75) is 0 Å². The normalized spacial score (nSPS) is 14.7. The standard InChI is InChI=1S/C20H13N3O6S/c24-19-17(13-8-21-15-4-2-1-3-11(13)15)18(20(25)23-19)14-9-22-16-7-10(5-6-12(14)16)29-30(26,27)28/h1-9,21-22H,(H,23,24,25)(H,26,27,28). The third-order valence-electron chi connectivity index (χ3n) is 4.91. The van der Waals surface area contributed by atoms with Crippen LogP contribution in [0.15, 0.2) is 54.9 Å². The molecule has 2 aromatic carbocycles. The SMILES string of the molecule is O=C1NC(=O)C(c2c[nH]c3cc(OS(=O)(=O)O)ccc23)=C1c1c[nH]c2ccccc12. The number of H-pyrrole nitrogens is 2.